The van der Waals surface area contributed by atoms with Crippen molar-refractivity contribution in [3.05, 3.63) is 65.7 Å². The Balaban J connectivity index is 1.46. The summed E-state index contributed by atoms with van der Waals surface area (Å²) in [5.74, 6) is 0.530. The number of benzene rings is 2. The highest BCUT2D eigenvalue weighted by Gasteiger charge is 2.50. The molecule has 0 bridgehead atoms. The minimum absolute atomic E-state index is 0.203. The number of ketones is 1. The first-order chi connectivity index (χ1) is 14.2. The van der Waals surface area contributed by atoms with Crippen LogP contribution in [-0.4, -0.2) is 51.2 Å². The van der Waals surface area contributed by atoms with Gasteiger partial charge in [-0.2, -0.15) is 0 Å². The van der Waals surface area contributed by atoms with Crippen LogP contribution in [0.25, 0.3) is 0 Å². The first-order valence-electron chi connectivity index (χ1n) is 9.48. The highest BCUT2D eigenvalue weighted by molar-refractivity contribution is 5.89. The Labute approximate surface area is 169 Å². The van der Waals surface area contributed by atoms with Gasteiger partial charge in [0, 0.05) is 12.7 Å². The number of carbonyl (C=O) groups is 1. The SMILES string of the molecule is COc1ccc(C2OCC3OC(OC)C(OCc4ccccc4)C(=O)C3O2)cc1. The lowest BCUT2D eigenvalue weighted by Crippen LogP contribution is -2.60. The zero-order valence-electron chi connectivity index (χ0n) is 16.4. The number of rotatable bonds is 6. The van der Waals surface area contributed by atoms with Gasteiger partial charge >= 0.3 is 0 Å². The topological polar surface area (TPSA) is 72.5 Å². The van der Waals surface area contributed by atoms with E-state index in [0.717, 1.165) is 16.9 Å². The summed E-state index contributed by atoms with van der Waals surface area (Å²) in [5, 5.41) is 0. The Morgan fingerprint density at radius 1 is 1.00 bits per heavy atom. The molecule has 2 fully saturated rings. The first kappa shape index (κ1) is 20.0. The molecule has 0 saturated carbocycles. The molecule has 0 spiro atoms. The molecule has 2 saturated heterocycles. The molecule has 2 aliphatic rings. The van der Waals surface area contributed by atoms with Crippen LogP contribution in [0.1, 0.15) is 17.4 Å². The van der Waals surface area contributed by atoms with Gasteiger partial charge in [0.25, 0.3) is 0 Å². The third kappa shape index (κ3) is 4.34. The second kappa shape index (κ2) is 9.02. The van der Waals surface area contributed by atoms with E-state index < -0.39 is 30.9 Å². The molecule has 0 radical (unpaired) electrons. The Morgan fingerprint density at radius 2 is 1.76 bits per heavy atom. The maximum absolute atomic E-state index is 13.1. The molecule has 5 atom stereocenters. The summed E-state index contributed by atoms with van der Waals surface area (Å²) in [4.78, 5) is 13.1. The average molecular weight is 400 g/mol. The van der Waals surface area contributed by atoms with Gasteiger partial charge < -0.3 is 28.4 Å². The van der Waals surface area contributed by atoms with Gasteiger partial charge in [0.05, 0.1) is 20.3 Å². The molecular weight excluding hydrogens is 376 g/mol. The molecule has 154 valence electrons. The molecule has 0 aromatic heterocycles. The molecule has 2 aromatic carbocycles. The molecule has 2 heterocycles. The van der Waals surface area contributed by atoms with Crippen LogP contribution in [-0.2, 0) is 35.1 Å². The first-order valence-corrected chi connectivity index (χ1v) is 9.48. The second-order valence-corrected chi connectivity index (χ2v) is 6.89. The van der Waals surface area contributed by atoms with E-state index in [4.69, 9.17) is 28.4 Å². The van der Waals surface area contributed by atoms with Crippen LogP contribution < -0.4 is 4.74 Å². The average Bonchev–Trinajstić information content (AvgIpc) is 2.79. The van der Waals surface area contributed by atoms with Crippen molar-refractivity contribution in [2.24, 2.45) is 0 Å². The highest BCUT2D eigenvalue weighted by Crippen LogP contribution is 2.34. The maximum atomic E-state index is 13.1. The van der Waals surface area contributed by atoms with Gasteiger partial charge in [-0.25, -0.2) is 0 Å². The molecule has 5 unspecified atom stereocenters. The summed E-state index contributed by atoms with van der Waals surface area (Å²) in [5.41, 5.74) is 1.76. The Kier molecular flexibility index (Phi) is 6.22. The van der Waals surface area contributed by atoms with Crippen molar-refractivity contribution in [2.45, 2.75) is 37.5 Å². The van der Waals surface area contributed by atoms with Crippen molar-refractivity contribution in [3.63, 3.8) is 0 Å². The third-order valence-corrected chi connectivity index (χ3v) is 5.03. The van der Waals surface area contributed by atoms with Crippen LogP contribution in [0.15, 0.2) is 54.6 Å². The normalized spacial score (nSPS) is 29.3. The zero-order chi connectivity index (χ0) is 20.2. The summed E-state index contributed by atoms with van der Waals surface area (Å²) in [6.45, 7) is 0.495. The van der Waals surface area contributed by atoms with Crippen LogP contribution in [0.2, 0.25) is 0 Å². The molecular formula is C22H24O7. The summed E-state index contributed by atoms with van der Waals surface area (Å²) < 4.78 is 34.0. The number of methoxy groups -OCH3 is 2. The number of hydrogen-bond acceptors (Lipinski definition) is 7. The molecule has 0 aliphatic carbocycles. The predicted octanol–water partition coefficient (Wildman–Crippen LogP) is 2.64. The van der Waals surface area contributed by atoms with E-state index in [1.807, 2.05) is 54.6 Å². The van der Waals surface area contributed by atoms with Crippen LogP contribution >= 0.6 is 0 Å². The van der Waals surface area contributed by atoms with Crippen molar-refractivity contribution in [3.8, 4) is 5.75 Å². The second-order valence-electron chi connectivity index (χ2n) is 6.89. The monoisotopic (exact) mass is 400 g/mol. The van der Waals surface area contributed by atoms with Crippen LogP contribution in [0.3, 0.4) is 0 Å². The summed E-state index contributed by atoms with van der Waals surface area (Å²) >= 11 is 0. The van der Waals surface area contributed by atoms with Gasteiger partial charge in [0.15, 0.2) is 30.6 Å². The van der Waals surface area contributed by atoms with E-state index in [9.17, 15) is 4.79 Å². The van der Waals surface area contributed by atoms with Crippen molar-refractivity contribution < 1.29 is 33.2 Å². The molecule has 7 nitrogen and oxygen atoms in total. The fourth-order valence-corrected chi connectivity index (χ4v) is 3.47. The smallest absolute Gasteiger partial charge is 0.198 e. The number of hydrogen-bond donors (Lipinski definition) is 0. The van der Waals surface area contributed by atoms with Crippen molar-refractivity contribution in [1.29, 1.82) is 0 Å². The lowest BCUT2D eigenvalue weighted by atomic mass is 9.99. The largest absolute Gasteiger partial charge is 0.497 e. The third-order valence-electron chi connectivity index (χ3n) is 5.03. The number of ether oxygens (including phenoxy) is 6. The minimum atomic E-state index is -0.879. The van der Waals surface area contributed by atoms with Gasteiger partial charge in [0.2, 0.25) is 0 Å². The number of carbonyl (C=O) groups excluding carboxylic acids is 1. The Hall–Kier alpha value is -2.29. The van der Waals surface area contributed by atoms with Crippen LogP contribution in [0.4, 0.5) is 0 Å². The van der Waals surface area contributed by atoms with Crippen molar-refractivity contribution in [2.75, 3.05) is 20.8 Å². The fourth-order valence-electron chi connectivity index (χ4n) is 3.47. The highest BCUT2D eigenvalue weighted by atomic mass is 16.8. The number of fused-ring (bicyclic) bond motifs is 1. The predicted molar refractivity (Wildman–Crippen MR) is 102 cm³/mol. The molecule has 2 aromatic rings. The lowest BCUT2D eigenvalue weighted by Gasteiger charge is -2.43. The molecule has 4 rings (SSSR count). The van der Waals surface area contributed by atoms with E-state index >= 15 is 0 Å². The minimum Gasteiger partial charge on any atom is -0.497 e. The van der Waals surface area contributed by atoms with E-state index in [-0.39, 0.29) is 19.0 Å². The lowest BCUT2D eigenvalue weighted by molar-refractivity contribution is -0.318. The standard InChI is InChI=1S/C22H24O7/c1-24-16-10-8-15(9-11-16)21-27-13-17-19(29-21)18(23)20(22(25-2)28-17)26-12-14-6-4-3-5-7-14/h3-11,17,19-22H,12-13H2,1-2H3. The van der Waals surface area contributed by atoms with Crippen molar-refractivity contribution in [1.82, 2.24) is 0 Å². The van der Waals surface area contributed by atoms with Gasteiger partial charge in [-0.1, -0.05) is 42.5 Å². The van der Waals surface area contributed by atoms with E-state index in [0.29, 0.717) is 0 Å². The van der Waals surface area contributed by atoms with E-state index in [1.54, 1.807) is 7.11 Å². The fraction of sp³-hybridized carbons (Fsp3) is 0.409. The summed E-state index contributed by atoms with van der Waals surface area (Å²) in [6.07, 6.45) is -3.68. The van der Waals surface area contributed by atoms with Crippen LogP contribution in [0.5, 0.6) is 5.75 Å². The summed E-state index contributed by atoms with van der Waals surface area (Å²) in [6, 6.07) is 17.0. The quantitative estimate of drug-likeness (QED) is 0.738. The van der Waals surface area contributed by atoms with Gasteiger partial charge in [-0.3, -0.25) is 4.79 Å². The van der Waals surface area contributed by atoms with Gasteiger partial charge in [-0.05, 0) is 17.7 Å². The zero-order valence-corrected chi connectivity index (χ0v) is 16.4. The Morgan fingerprint density at radius 3 is 2.45 bits per heavy atom. The van der Waals surface area contributed by atoms with Gasteiger partial charge in [-0.15, -0.1) is 0 Å². The Bertz CT molecular complexity index is 808. The van der Waals surface area contributed by atoms with E-state index in [1.165, 1.54) is 7.11 Å². The summed E-state index contributed by atoms with van der Waals surface area (Å²) in [7, 11) is 3.09. The molecule has 2 aliphatic heterocycles. The van der Waals surface area contributed by atoms with Gasteiger partial charge in [0.1, 0.15) is 11.9 Å². The number of Topliss-reactive ketones (excluding diaryl/α,β-unsaturated/α-hetero) is 1. The maximum Gasteiger partial charge on any atom is 0.198 e. The molecule has 29 heavy (non-hydrogen) atoms. The molecule has 0 N–H and O–H groups in total. The van der Waals surface area contributed by atoms with Crippen molar-refractivity contribution >= 4 is 5.78 Å². The van der Waals surface area contributed by atoms with Crippen LogP contribution in [0, 0.1) is 0 Å². The molecule has 0 amide bonds. The molecule has 7 heteroatoms. The van der Waals surface area contributed by atoms with E-state index in [2.05, 4.69) is 0 Å².